The molecule has 2 aliphatic carbocycles. The predicted molar refractivity (Wildman–Crippen MR) is 92.7 cm³/mol. The minimum atomic E-state index is 0.444. The van der Waals surface area contributed by atoms with E-state index in [4.69, 9.17) is 0 Å². The summed E-state index contributed by atoms with van der Waals surface area (Å²) in [5, 5.41) is 3.93. The third kappa shape index (κ3) is 4.01. The van der Waals surface area contributed by atoms with Gasteiger partial charge >= 0.3 is 0 Å². The van der Waals surface area contributed by atoms with Crippen LogP contribution in [0.25, 0.3) is 0 Å². The minimum Gasteiger partial charge on any atom is -0.312 e. The van der Waals surface area contributed by atoms with Crippen LogP contribution in [0, 0.1) is 11.3 Å². The topological polar surface area (TPSA) is 15.3 Å². The number of nitrogens with one attached hydrogen (secondary N) is 1. The van der Waals surface area contributed by atoms with E-state index in [1.807, 2.05) is 0 Å². The maximum atomic E-state index is 3.93. The number of likely N-dealkylation sites (N-methyl/N-ethyl adjacent to an activating group) is 1. The summed E-state index contributed by atoms with van der Waals surface area (Å²) in [5.41, 5.74) is 0.987. The zero-order valence-electron chi connectivity index (χ0n) is 15.2. The van der Waals surface area contributed by atoms with Gasteiger partial charge in [0, 0.05) is 18.1 Å². The lowest BCUT2D eigenvalue weighted by molar-refractivity contribution is 0.118. The second kappa shape index (κ2) is 7.00. The largest absolute Gasteiger partial charge is 0.312 e. The van der Waals surface area contributed by atoms with E-state index in [2.05, 4.69) is 45.1 Å². The molecule has 21 heavy (non-hydrogen) atoms. The Bertz CT molecular complexity index is 308. The van der Waals surface area contributed by atoms with Crippen molar-refractivity contribution in [2.45, 2.75) is 90.1 Å². The highest BCUT2D eigenvalue weighted by Crippen LogP contribution is 2.40. The lowest BCUT2D eigenvalue weighted by Gasteiger charge is -2.41. The van der Waals surface area contributed by atoms with Crippen molar-refractivity contribution in [2.75, 3.05) is 20.6 Å². The van der Waals surface area contributed by atoms with Gasteiger partial charge in [-0.25, -0.2) is 0 Å². The van der Waals surface area contributed by atoms with Crippen molar-refractivity contribution < 1.29 is 0 Å². The minimum absolute atomic E-state index is 0.444. The summed E-state index contributed by atoms with van der Waals surface area (Å²) in [7, 11) is 4.54. The highest BCUT2D eigenvalue weighted by atomic mass is 15.2. The molecule has 0 aromatic rings. The monoisotopic (exact) mass is 294 g/mol. The number of hydrogen-bond acceptors (Lipinski definition) is 2. The maximum absolute atomic E-state index is 3.93. The molecule has 124 valence electrons. The fourth-order valence-electron chi connectivity index (χ4n) is 4.52. The molecule has 0 saturated heterocycles. The van der Waals surface area contributed by atoms with Crippen LogP contribution in [0.3, 0.4) is 0 Å². The predicted octanol–water partition coefficient (Wildman–Crippen LogP) is 4.45. The van der Waals surface area contributed by atoms with Gasteiger partial charge in [-0.1, -0.05) is 40.0 Å². The molecule has 0 aliphatic heterocycles. The molecule has 2 rings (SSSR count). The fourth-order valence-corrected chi connectivity index (χ4v) is 4.52. The molecule has 1 N–H and O–H groups in total. The quantitative estimate of drug-likeness (QED) is 0.779. The van der Waals surface area contributed by atoms with E-state index in [-0.39, 0.29) is 0 Å². The molecular formula is C19H38N2. The first-order valence-electron chi connectivity index (χ1n) is 9.30. The summed E-state index contributed by atoms with van der Waals surface area (Å²) in [6.45, 7) is 8.48. The first kappa shape index (κ1) is 17.3. The Morgan fingerprint density at radius 3 is 2.10 bits per heavy atom. The molecule has 0 radical (unpaired) electrons. The Hall–Kier alpha value is -0.0800. The first-order valence-corrected chi connectivity index (χ1v) is 9.30. The highest BCUT2D eigenvalue weighted by molar-refractivity contribution is 4.96. The second-order valence-electron chi connectivity index (χ2n) is 8.60. The third-order valence-corrected chi connectivity index (χ3v) is 6.95. The van der Waals surface area contributed by atoms with Crippen LogP contribution in [0.4, 0.5) is 0 Å². The van der Waals surface area contributed by atoms with E-state index in [9.17, 15) is 0 Å². The van der Waals surface area contributed by atoms with Crippen LogP contribution in [-0.4, -0.2) is 37.1 Å². The molecule has 0 bridgehead atoms. The molecule has 0 heterocycles. The van der Waals surface area contributed by atoms with Crippen molar-refractivity contribution in [2.24, 2.45) is 11.3 Å². The SMILES string of the molecule is CCC(C)(C)C1CCC(NCC2(N(C)C)CCCC2)CC1. The molecule has 2 nitrogen and oxygen atoms in total. The van der Waals surface area contributed by atoms with Crippen LogP contribution >= 0.6 is 0 Å². The molecular weight excluding hydrogens is 256 g/mol. The average Bonchev–Trinajstić information content (AvgIpc) is 2.96. The summed E-state index contributed by atoms with van der Waals surface area (Å²) >= 11 is 0. The molecule has 2 heteroatoms. The van der Waals surface area contributed by atoms with Crippen LogP contribution in [0.5, 0.6) is 0 Å². The molecule has 2 saturated carbocycles. The molecule has 0 atom stereocenters. The van der Waals surface area contributed by atoms with Crippen molar-refractivity contribution in [3.63, 3.8) is 0 Å². The molecule has 2 fully saturated rings. The normalized spacial score (nSPS) is 30.0. The highest BCUT2D eigenvalue weighted by Gasteiger charge is 2.37. The summed E-state index contributed by atoms with van der Waals surface area (Å²) in [4.78, 5) is 2.48. The average molecular weight is 295 g/mol. The van der Waals surface area contributed by atoms with Crippen LogP contribution in [0.1, 0.15) is 78.6 Å². The van der Waals surface area contributed by atoms with Gasteiger partial charge in [0.25, 0.3) is 0 Å². The van der Waals surface area contributed by atoms with E-state index in [1.165, 1.54) is 64.3 Å². The summed E-state index contributed by atoms with van der Waals surface area (Å²) in [6.07, 6.45) is 12.5. The standard InChI is InChI=1S/C19H38N2/c1-6-18(2,3)16-9-11-17(12-10-16)20-15-19(21(4)5)13-7-8-14-19/h16-17,20H,6-15H2,1-5H3. The van der Waals surface area contributed by atoms with Crippen molar-refractivity contribution in [3.8, 4) is 0 Å². The van der Waals surface area contributed by atoms with E-state index in [0.29, 0.717) is 11.0 Å². The Morgan fingerprint density at radius 2 is 1.62 bits per heavy atom. The lowest BCUT2D eigenvalue weighted by atomic mass is 9.69. The Kier molecular flexibility index (Phi) is 5.76. The zero-order valence-corrected chi connectivity index (χ0v) is 15.2. The van der Waals surface area contributed by atoms with Gasteiger partial charge in [0.15, 0.2) is 0 Å². The second-order valence-corrected chi connectivity index (χ2v) is 8.60. The Balaban J connectivity index is 1.79. The van der Waals surface area contributed by atoms with Crippen LogP contribution in [-0.2, 0) is 0 Å². The number of nitrogens with zero attached hydrogens (tertiary/aromatic N) is 1. The van der Waals surface area contributed by atoms with Crippen LogP contribution in [0.15, 0.2) is 0 Å². The van der Waals surface area contributed by atoms with Gasteiger partial charge in [-0.3, -0.25) is 0 Å². The van der Waals surface area contributed by atoms with Gasteiger partial charge in [0.1, 0.15) is 0 Å². The zero-order chi connectivity index (χ0) is 15.5. The first-order chi connectivity index (χ1) is 9.89. The van der Waals surface area contributed by atoms with Gasteiger partial charge in [0.05, 0.1) is 0 Å². The fraction of sp³-hybridized carbons (Fsp3) is 1.00. The summed E-state index contributed by atoms with van der Waals surface area (Å²) < 4.78 is 0. The third-order valence-electron chi connectivity index (χ3n) is 6.95. The maximum Gasteiger partial charge on any atom is 0.0327 e. The van der Waals surface area contributed by atoms with Gasteiger partial charge in [-0.05, 0) is 64.0 Å². The Morgan fingerprint density at radius 1 is 1.05 bits per heavy atom. The van der Waals surface area contributed by atoms with Crippen molar-refractivity contribution in [3.05, 3.63) is 0 Å². The molecule has 0 spiro atoms. The summed E-state index contributed by atoms with van der Waals surface area (Å²) in [5.74, 6) is 0.940. The van der Waals surface area contributed by atoms with E-state index in [0.717, 1.165) is 12.0 Å². The molecule has 2 aliphatic rings. The van der Waals surface area contributed by atoms with Gasteiger partial charge in [0.2, 0.25) is 0 Å². The van der Waals surface area contributed by atoms with Crippen LogP contribution in [0.2, 0.25) is 0 Å². The molecule has 0 amide bonds. The number of hydrogen-bond donors (Lipinski definition) is 1. The van der Waals surface area contributed by atoms with E-state index in [1.54, 1.807) is 0 Å². The Labute approximate surface area is 133 Å². The lowest BCUT2D eigenvalue weighted by Crippen LogP contribution is -2.52. The molecule has 0 unspecified atom stereocenters. The summed E-state index contributed by atoms with van der Waals surface area (Å²) in [6, 6.07) is 0.770. The van der Waals surface area contributed by atoms with E-state index < -0.39 is 0 Å². The van der Waals surface area contributed by atoms with Crippen molar-refractivity contribution in [1.29, 1.82) is 0 Å². The number of rotatable bonds is 6. The van der Waals surface area contributed by atoms with Crippen molar-refractivity contribution >= 4 is 0 Å². The van der Waals surface area contributed by atoms with Crippen molar-refractivity contribution in [1.82, 2.24) is 10.2 Å². The van der Waals surface area contributed by atoms with Crippen LogP contribution < -0.4 is 5.32 Å². The van der Waals surface area contributed by atoms with Gasteiger partial charge in [-0.15, -0.1) is 0 Å². The smallest absolute Gasteiger partial charge is 0.0327 e. The van der Waals surface area contributed by atoms with Gasteiger partial charge in [-0.2, -0.15) is 0 Å². The molecule has 0 aromatic heterocycles. The molecule has 0 aromatic carbocycles. The van der Waals surface area contributed by atoms with Gasteiger partial charge < -0.3 is 10.2 Å². The van der Waals surface area contributed by atoms with E-state index >= 15 is 0 Å².